The van der Waals surface area contributed by atoms with Gasteiger partial charge in [0, 0.05) is 82.8 Å². The fourth-order valence-corrected chi connectivity index (χ4v) is 8.86. The molecule has 0 saturated carbocycles. The monoisotopic (exact) mass is 728 g/mol. The van der Waals surface area contributed by atoms with Crippen molar-refractivity contribution in [1.29, 1.82) is 0 Å². The molecule has 4 heterocycles. The maximum absolute atomic E-state index is 14.0. The summed E-state index contributed by atoms with van der Waals surface area (Å²) in [6.45, 7) is 8.24. The van der Waals surface area contributed by atoms with Gasteiger partial charge in [0.25, 0.3) is 11.8 Å². The second-order valence-corrected chi connectivity index (χ2v) is 15.8. The fourth-order valence-electron chi connectivity index (χ4n) is 7.40. The van der Waals surface area contributed by atoms with Gasteiger partial charge in [-0.05, 0) is 69.5 Å². The maximum Gasteiger partial charge on any atom is 0.341 e. The lowest BCUT2D eigenvalue weighted by Crippen LogP contribution is -2.53. The molecule has 3 aromatic rings. The lowest BCUT2D eigenvalue weighted by molar-refractivity contribution is 0.0732. The van der Waals surface area contributed by atoms with E-state index in [1.165, 1.54) is 16.4 Å². The van der Waals surface area contributed by atoms with Crippen molar-refractivity contribution in [3.05, 3.63) is 67.0 Å². The van der Waals surface area contributed by atoms with Crippen molar-refractivity contribution in [3.8, 4) is 0 Å². The van der Waals surface area contributed by atoms with E-state index in [0.29, 0.717) is 49.5 Å². The van der Waals surface area contributed by atoms with Crippen LogP contribution in [-0.2, 0) is 27.9 Å². The number of carbonyl (C=O) groups excluding carboxylic acids is 2. The van der Waals surface area contributed by atoms with E-state index in [2.05, 4.69) is 27.6 Å². The number of nitrogens with zero attached hydrogens (tertiary/aromatic N) is 5. The molecule has 2 aromatic carbocycles. The van der Waals surface area contributed by atoms with Crippen LogP contribution in [0.3, 0.4) is 0 Å². The first-order valence-corrected chi connectivity index (χ1v) is 18.7. The molecular formula is C35H45ClN6O7S. The third-order valence-electron chi connectivity index (χ3n) is 10.2. The number of methoxy groups -OCH3 is 1. The van der Waals surface area contributed by atoms with Crippen LogP contribution in [-0.4, -0.2) is 115 Å². The van der Waals surface area contributed by atoms with Gasteiger partial charge in [-0.15, -0.1) is 0 Å². The number of fused-ring (bicyclic) bond motifs is 3. The summed E-state index contributed by atoms with van der Waals surface area (Å²) in [5.74, 6) is -1.25. The average Bonchev–Trinajstić information content (AvgIpc) is 3.63. The minimum absolute atomic E-state index is 0.00342. The highest BCUT2D eigenvalue weighted by atomic mass is 35.5. The number of amides is 2. The smallest absolute Gasteiger partial charge is 0.341 e. The number of nitrogens with one attached hydrogen (secondary N) is 1. The lowest BCUT2D eigenvalue weighted by Gasteiger charge is -2.41. The quantitative estimate of drug-likeness (QED) is 0.345. The molecule has 6 rings (SSSR count). The van der Waals surface area contributed by atoms with Crippen LogP contribution < -0.4 is 20.1 Å². The lowest BCUT2D eigenvalue weighted by atomic mass is 9.92. The molecular weight excluding hydrogens is 684 g/mol. The Balaban J connectivity index is 1.28. The highest BCUT2D eigenvalue weighted by Gasteiger charge is 2.33. The standard InChI is InChI=1S/C35H45ClN6O7S/c1-21-15-29(40-14-13-39(5)23(18-40)20-48-6)22(2)32-31(21)24-9-12-41(19-27(24)35(45)49-32)34(44)25-17-30(38(3)4)26(16-28(25)36)33(43)37-50(46,47)42-10-7-8-11-42/h15-17,23H,7-14,18-20H2,1-6H3,(H,37,43)/t23-/m1/s1. The molecule has 270 valence electrons. The van der Waals surface area contributed by atoms with Gasteiger partial charge in [-0.1, -0.05) is 11.6 Å². The number of piperazine rings is 1. The first kappa shape index (κ1) is 36.1. The minimum Gasteiger partial charge on any atom is -0.422 e. The van der Waals surface area contributed by atoms with Gasteiger partial charge in [-0.3, -0.25) is 14.5 Å². The van der Waals surface area contributed by atoms with Crippen LogP contribution in [0.2, 0.25) is 5.02 Å². The van der Waals surface area contributed by atoms with E-state index < -0.39 is 27.6 Å². The van der Waals surface area contributed by atoms with Gasteiger partial charge in [0.2, 0.25) is 0 Å². The predicted molar refractivity (Wildman–Crippen MR) is 194 cm³/mol. The van der Waals surface area contributed by atoms with Gasteiger partial charge in [0.05, 0.1) is 40.9 Å². The van der Waals surface area contributed by atoms with Crippen molar-refractivity contribution < 1.29 is 27.2 Å². The average molecular weight is 729 g/mol. The molecule has 2 amide bonds. The first-order valence-electron chi connectivity index (χ1n) is 16.9. The van der Waals surface area contributed by atoms with E-state index in [1.807, 2.05) is 13.8 Å². The van der Waals surface area contributed by atoms with Crippen molar-refractivity contribution in [1.82, 2.24) is 18.8 Å². The Labute approximate surface area is 297 Å². The molecule has 3 aliphatic rings. The summed E-state index contributed by atoms with van der Waals surface area (Å²) >= 11 is 6.62. The number of halogens is 1. The Morgan fingerprint density at radius 3 is 2.44 bits per heavy atom. The van der Waals surface area contributed by atoms with Crippen LogP contribution >= 0.6 is 11.6 Å². The molecule has 0 radical (unpaired) electrons. The zero-order chi connectivity index (χ0) is 36.1. The number of likely N-dealkylation sites (N-methyl/N-ethyl adjacent to an activating group) is 1. The number of aryl methyl sites for hydroxylation is 2. The zero-order valence-electron chi connectivity index (χ0n) is 29.5. The Morgan fingerprint density at radius 1 is 1.04 bits per heavy atom. The summed E-state index contributed by atoms with van der Waals surface area (Å²) in [7, 11) is 3.17. The van der Waals surface area contributed by atoms with Crippen molar-refractivity contribution in [2.24, 2.45) is 0 Å². The number of anilines is 2. The molecule has 0 aliphatic carbocycles. The number of hydrogen-bond donors (Lipinski definition) is 1. The number of rotatable bonds is 8. The third kappa shape index (κ3) is 6.71. The highest BCUT2D eigenvalue weighted by Crippen LogP contribution is 2.37. The third-order valence-corrected chi connectivity index (χ3v) is 12.0. The number of benzene rings is 2. The SMILES string of the molecule is COC[C@H]1CN(c2cc(C)c3c4c(c(=O)oc3c2C)CN(C(=O)c2cc(N(C)C)c(C(=O)NS(=O)(=O)N3CCCC3)cc2Cl)CC4)CCN1C. The Kier molecular flexibility index (Phi) is 10.2. The molecule has 15 heteroatoms. The molecule has 13 nitrogen and oxygen atoms in total. The van der Waals surface area contributed by atoms with E-state index in [1.54, 1.807) is 31.0 Å². The normalized spacial score (nSPS) is 18.8. The van der Waals surface area contributed by atoms with Crippen LogP contribution in [0.15, 0.2) is 27.4 Å². The molecule has 2 saturated heterocycles. The van der Waals surface area contributed by atoms with Gasteiger partial charge in [0.15, 0.2) is 0 Å². The fraction of sp³-hybridized carbons (Fsp3) is 0.514. The number of hydrogen-bond acceptors (Lipinski definition) is 10. The Hall–Kier alpha value is -3.69. The van der Waals surface area contributed by atoms with E-state index in [9.17, 15) is 22.8 Å². The van der Waals surface area contributed by atoms with E-state index in [4.69, 9.17) is 20.8 Å². The van der Waals surface area contributed by atoms with Crippen molar-refractivity contribution in [3.63, 3.8) is 0 Å². The largest absolute Gasteiger partial charge is 0.422 e. The summed E-state index contributed by atoms with van der Waals surface area (Å²) in [4.78, 5) is 48.6. The van der Waals surface area contributed by atoms with Crippen LogP contribution in [0.1, 0.15) is 55.8 Å². The van der Waals surface area contributed by atoms with E-state index in [0.717, 1.165) is 60.2 Å². The molecule has 0 bridgehead atoms. The molecule has 3 aliphatic heterocycles. The predicted octanol–water partition coefficient (Wildman–Crippen LogP) is 3.16. The van der Waals surface area contributed by atoms with E-state index in [-0.39, 0.29) is 28.7 Å². The van der Waals surface area contributed by atoms with Gasteiger partial charge in [-0.2, -0.15) is 12.7 Å². The summed E-state index contributed by atoms with van der Waals surface area (Å²) in [6, 6.07) is 5.22. The molecule has 1 N–H and O–H groups in total. The molecule has 0 unspecified atom stereocenters. The molecule has 50 heavy (non-hydrogen) atoms. The van der Waals surface area contributed by atoms with Gasteiger partial charge in [-0.25, -0.2) is 9.52 Å². The maximum atomic E-state index is 14.0. The summed E-state index contributed by atoms with van der Waals surface area (Å²) in [5, 5.41) is 0.902. The highest BCUT2D eigenvalue weighted by molar-refractivity contribution is 7.87. The second-order valence-electron chi connectivity index (χ2n) is 13.7. The topological polar surface area (TPSA) is 136 Å². The molecule has 0 spiro atoms. The van der Waals surface area contributed by atoms with Crippen molar-refractivity contribution >= 4 is 56.0 Å². The van der Waals surface area contributed by atoms with E-state index >= 15 is 0 Å². The number of ether oxygens (including phenoxy) is 1. The van der Waals surface area contributed by atoms with Gasteiger partial charge in [0.1, 0.15) is 5.58 Å². The van der Waals surface area contributed by atoms with Crippen LogP contribution in [0.4, 0.5) is 11.4 Å². The van der Waals surface area contributed by atoms with Crippen LogP contribution in [0.25, 0.3) is 11.0 Å². The minimum atomic E-state index is -4.03. The Morgan fingerprint density at radius 2 is 1.76 bits per heavy atom. The van der Waals surface area contributed by atoms with Crippen LogP contribution in [0, 0.1) is 13.8 Å². The summed E-state index contributed by atoms with van der Waals surface area (Å²) in [6.07, 6.45) is 1.90. The molecule has 1 atom stereocenters. The molecule has 1 aromatic heterocycles. The Bertz CT molecular complexity index is 2010. The molecule has 2 fully saturated rings. The van der Waals surface area contributed by atoms with Gasteiger partial charge >= 0.3 is 15.8 Å². The number of carbonyl (C=O) groups is 2. The summed E-state index contributed by atoms with van der Waals surface area (Å²) in [5.41, 5.74) is 4.84. The zero-order valence-corrected chi connectivity index (χ0v) is 31.0. The van der Waals surface area contributed by atoms with Crippen molar-refractivity contribution in [2.45, 2.75) is 45.7 Å². The summed E-state index contributed by atoms with van der Waals surface area (Å²) < 4.78 is 40.5. The van der Waals surface area contributed by atoms with Crippen LogP contribution in [0.5, 0.6) is 0 Å². The second kappa shape index (κ2) is 14.1. The van der Waals surface area contributed by atoms with Gasteiger partial charge < -0.3 is 23.9 Å². The van der Waals surface area contributed by atoms with Crippen molar-refractivity contribution in [2.75, 3.05) is 83.9 Å². The first-order chi connectivity index (χ1) is 23.7.